The van der Waals surface area contributed by atoms with Crippen molar-refractivity contribution in [1.29, 1.82) is 0 Å². The summed E-state index contributed by atoms with van der Waals surface area (Å²) in [7, 11) is -3.59. The topological polar surface area (TPSA) is 106 Å². The van der Waals surface area contributed by atoms with E-state index in [1.165, 1.54) is 22.8 Å². The smallest absolute Gasteiger partial charge is 0.244 e. The average molecular weight is 500 g/mol. The number of carbonyl (C=O) groups is 2. The summed E-state index contributed by atoms with van der Waals surface area (Å²) < 4.78 is 38.2. The summed E-state index contributed by atoms with van der Waals surface area (Å²) in [6.45, 7) is 2.67. The number of piperidine rings is 2. The number of aromatic nitrogens is 1. The number of amides is 1. The summed E-state index contributed by atoms with van der Waals surface area (Å²) in [5.41, 5.74) is 0.612. The van der Waals surface area contributed by atoms with Crippen molar-refractivity contribution in [3.8, 4) is 11.5 Å². The van der Waals surface area contributed by atoms with Crippen molar-refractivity contribution in [2.24, 2.45) is 11.8 Å². The Hall–Kier alpha value is -2.98. The van der Waals surface area contributed by atoms with Crippen LogP contribution in [0.25, 0.3) is 0 Å². The predicted octanol–water partition coefficient (Wildman–Crippen LogP) is 2.38. The molecule has 5 rings (SSSR count). The predicted molar refractivity (Wildman–Crippen MR) is 127 cm³/mol. The van der Waals surface area contributed by atoms with Crippen LogP contribution in [-0.2, 0) is 14.8 Å². The highest BCUT2D eigenvalue weighted by Crippen LogP contribution is 2.33. The van der Waals surface area contributed by atoms with E-state index in [0.29, 0.717) is 82.1 Å². The zero-order chi connectivity index (χ0) is 24.4. The van der Waals surface area contributed by atoms with E-state index in [-0.39, 0.29) is 28.4 Å². The summed E-state index contributed by atoms with van der Waals surface area (Å²) in [6.07, 6.45) is 5.11. The molecule has 186 valence electrons. The molecule has 0 spiro atoms. The van der Waals surface area contributed by atoms with Crippen LogP contribution in [0.5, 0.6) is 11.5 Å². The molecule has 1 amide bonds. The molecule has 0 N–H and O–H groups in total. The van der Waals surface area contributed by atoms with Crippen LogP contribution < -0.4 is 9.47 Å². The first-order valence-electron chi connectivity index (χ1n) is 12.1. The van der Waals surface area contributed by atoms with Crippen LogP contribution in [0.15, 0.2) is 47.6 Å². The molecule has 0 atom stereocenters. The minimum atomic E-state index is -3.59. The lowest BCUT2D eigenvalue weighted by atomic mass is 9.87. The highest BCUT2D eigenvalue weighted by molar-refractivity contribution is 7.89. The summed E-state index contributed by atoms with van der Waals surface area (Å²) in [6, 6.07) is 8.45. The molecular formula is C25H29N3O6S. The Balaban J connectivity index is 1.13. The third-order valence-electron chi connectivity index (χ3n) is 7.08. The van der Waals surface area contributed by atoms with Gasteiger partial charge in [0.2, 0.25) is 15.9 Å². The number of rotatable bonds is 5. The van der Waals surface area contributed by atoms with Gasteiger partial charge in [0.1, 0.15) is 18.1 Å². The number of nitrogens with zero attached hydrogens (tertiary/aromatic N) is 3. The first-order valence-corrected chi connectivity index (χ1v) is 13.5. The Morgan fingerprint density at radius 3 is 2.26 bits per heavy atom. The Kier molecular flexibility index (Phi) is 6.75. The molecular weight excluding hydrogens is 470 g/mol. The third-order valence-corrected chi connectivity index (χ3v) is 8.96. The molecule has 2 saturated heterocycles. The molecule has 2 aromatic rings. The molecule has 4 heterocycles. The molecule has 10 heteroatoms. The highest BCUT2D eigenvalue weighted by Gasteiger charge is 2.36. The number of ether oxygens (including phenoxy) is 2. The van der Waals surface area contributed by atoms with E-state index < -0.39 is 10.0 Å². The SMILES string of the molecule is O=C(c1ccc2c(c1)OCCO2)C1CCN(C(=O)C2CCN(S(=O)(=O)c3cccnc3)CC2)CC1. The first-order chi connectivity index (χ1) is 16.9. The number of ketones is 1. The van der Waals surface area contributed by atoms with E-state index >= 15 is 0 Å². The van der Waals surface area contributed by atoms with E-state index in [1.54, 1.807) is 24.3 Å². The van der Waals surface area contributed by atoms with Crippen LogP contribution in [0, 0.1) is 11.8 Å². The number of pyridine rings is 1. The van der Waals surface area contributed by atoms with Gasteiger partial charge in [-0.1, -0.05) is 0 Å². The van der Waals surface area contributed by atoms with Gasteiger partial charge >= 0.3 is 0 Å². The lowest BCUT2D eigenvalue weighted by molar-refractivity contribution is -0.138. The number of likely N-dealkylation sites (tertiary alicyclic amines) is 1. The molecule has 0 radical (unpaired) electrons. The molecule has 35 heavy (non-hydrogen) atoms. The molecule has 0 aliphatic carbocycles. The fourth-order valence-electron chi connectivity index (χ4n) is 5.04. The molecule has 2 fully saturated rings. The first kappa shape index (κ1) is 23.7. The van der Waals surface area contributed by atoms with Crippen LogP contribution in [0.4, 0.5) is 0 Å². The van der Waals surface area contributed by atoms with Gasteiger partial charge in [-0.15, -0.1) is 0 Å². The second-order valence-electron chi connectivity index (χ2n) is 9.19. The molecule has 9 nitrogen and oxygen atoms in total. The van der Waals surface area contributed by atoms with Gasteiger partial charge in [-0.05, 0) is 56.0 Å². The van der Waals surface area contributed by atoms with Gasteiger partial charge in [-0.25, -0.2) is 8.42 Å². The van der Waals surface area contributed by atoms with Crippen LogP contribution in [-0.4, -0.2) is 73.7 Å². The van der Waals surface area contributed by atoms with Crippen LogP contribution in [0.2, 0.25) is 0 Å². The largest absolute Gasteiger partial charge is 0.486 e. The van der Waals surface area contributed by atoms with Crippen molar-refractivity contribution in [1.82, 2.24) is 14.2 Å². The van der Waals surface area contributed by atoms with E-state index in [0.717, 1.165) is 0 Å². The standard InChI is InChI=1S/C25H29N3O6S/c29-24(20-3-4-22-23(16-20)34-15-14-33-22)18-5-10-27(11-6-18)25(30)19-7-12-28(13-8-19)35(31,32)21-2-1-9-26-17-21/h1-4,9,16-19H,5-8,10-15H2. The van der Waals surface area contributed by atoms with E-state index in [1.807, 2.05) is 4.90 Å². The number of fused-ring (bicyclic) bond motifs is 1. The Morgan fingerprint density at radius 2 is 1.57 bits per heavy atom. The molecule has 1 aromatic carbocycles. The van der Waals surface area contributed by atoms with Gasteiger partial charge in [-0.2, -0.15) is 4.31 Å². The summed E-state index contributed by atoms with van der Waals surface area (Å²) in [5.74, 6) is 1.07. The van der Waals surface area contributed by atoms with Crippen molar-refractivity contribution in [2.45, 2.75) is 30.6 Å². The summed E-state index contributed by atoms with van der Waals surface area (Å²) in [5, 5.41) is 0. The Morgan fingerprint density at radius 1 is 0.886 bits per heavy atom. The third kappa shape index (κ3) is 4.90. The fraction of sp³-hybridized carbons (Fsp3) is 0.480. The maximum atomic E-state index is 13.1. The van der Waals surface area contributed by atoms with Gasteiger partial charge in [0.25, 0.3) is 0 Å². The van der Waals surface area contributed by atoms with Crippen LogP contribution in [0.3, 0.4) is 0 Å². The van der Waals surface area contributed by atoms with Gasteiger partial charge < -0.3 is 14.4 Å². The van der Waals surface area contributed by atoms with Gasteiger partial charge in [0.15, 0.2) is 17.3 Å². The number of hydrogen-bond donors (Lipinski definition) is 0. The van der Waals surface area contributed by atoms with Crippen LogP contribution in [0.1, 0.15) is 36.0 Å². The molecule has 0 unspecified atom stereocenters. The number of carbonyl (C=O) groups excluding carboxylic acids is 2. The average Bonchev–Trinajstić information content (AvgIpc) is 2.92. The zero-order valence-corrected chi connectivity index (χ0v) is 20.3. The highest BCUT2D eigenvalue weighted by atomic mass is 32.2. The summed E-state index contributed by atoms with van der Waals surface area (Å²) in [4.78, 5) is 32.1. The van der Waals surface area contributed by atoms with Crippen molar-refractivity contribution in [2.75, 3.05) is 39.4 Å². The maximum Gasteiger partial charge on any atom is 0.244 e. The van der Waals surface area contributed by atoms with Gasteiger partial charge in [0.05, 0.1) is 0 Å². The number of benzene rings is 1. The normalized spacial score (nSPS) is 19.9. The number of hydrogen-bond acceptors (Lipinski definition) is 7. The van der Waals surface area contributed by atoms with Crippen molar-refractivity contribution < 1.29 is 27.5 Å². The van der Waals surface area contributed by atoms with Gasteiger partial charge in [0, 0.05) is 56.0 Å². The van der Waals surface area contributed by atoms with Crippen molar-refractivity contribution >= 4 is 21.7 Å². The lowest BCUT2D eigenvalue weighted by Crippen LogP contribution is -2.47. The zero-order valence-electron chi connectivity index (χ0n) is 19.5. The molecule has 3 aliphatic rings. The molecule has 3 aliphatic heterocycles. The molecule has 1 aromatic heterocycles. The molecule has 0 bridgehead atoms. The van der Waals surface area contributed by atoms with Crippen molar-refractivity contribution in [3.63, 3.8) is 0 Å². The fourth-order valence-corrected chi connectivity index (χ4v) is 6.48. The second-order valence-corrected chi connectivity index (χ2v) is 11.1. The van der Waals surface area contributed by atoms with E-state index in [4.69, 9.17) is 9.47 Å². The van der Waals surface area contributed by atoms with Gasteiger partial charge in [-0.3, -0.25) is 14.6 Å². The van der Waals surface area contributed by atoms with E-state index in [2.05, 4.69) is 4.98 Å². The Labute approximate surface area is 205 Å². The minimum Gasteiger partial charge on any atom is -0.486 e. The van der Waals surface area contributed by atoms with Crippen molar-refractivity contribution in [3.05, 3.63) is 48.3 Å². The van der Waals surface area contributed by atoms with E-state index in [9.17, 15) is 18.0 Å². The number of Topliss-reactive ketones (excluding diaryl/α,β-unsaturated/α-hetero) is 1. The monoisotopic (exact) mass is 499 g/mol. The second kappa shape index (κ2) is 9.94. The molecule has 0 saturated carbocycles. The maximum absolute atomic E-state index is 13.1. The minimum absolute atomic E-state index is 0.0636. The lowest BCUT2D eigenvalue weighted by Gasteiger charge is -2.36. The quantitative estimate of drug-likeness (QED) is 0.582. The summed E-state index contributed by atoms with van der Waals surface area (Å²) >= 11 is 0. The van der Waals surface area contributed by atoms with Crippen LogP contribution >= 0.6 is 0 Å². The number of sulfonamides is 1. The Bertz CT molecular complexity index is 1190.